The zero-order valence-electron chi connectivity index (χ0n) is 17.7. The van der Waals surface area contributed by atoms with Crippen LogP contribution in [0.2, 0.25) is 0 Å². The summed E-state index contributed by atoms with van der Waals surface area (Å²) in [5, 5.41) is 11.1. The predicted molar refractivity (Wildman–Crippen MR) is 103 cm³/mol. The van der Waals surface area contributed by atoms with Gasteiger partial charge in [0.05, 0.1) is 0 Å². The van der Waals surface area contributed by atoms with Crippen LogP contribution in [0.25, 0.3) is 0 Å². The number of hydrogen-bond donors (Lipinski definition) is 0. The van der Waals surface area contributed by atoms with Gasteiger partial charge in [0.2, 0.25) is 0 Å². The van der Waals surface area contributed by atoms with Crippen molar-refractivity contribution in [3.8, 4) is 0 Å². The van der Waals surface area contributed by atoms with E-state index < -0.39 is 5.97 Å². The first-order chi connectivity index (χ1) is 12.7. The first kappa shape index (κ1) is 22.7. The van der Waals surface area contributed by atoms with Gasteiger partial charge in [-0.1, -0.05) is 32.6 Å². The molecule has 0 spiro atoms. The Balaban J connectivity index is 0.00000225. The third kappa shape index (κ3) is 3.32. The quantitative estimate of drug-likeness (QED) is 0.657. The summed E-state index contributed by atoms with van der Waals surface area (Å²) in [6, 6.07) is 0. The second-order valence-corrected chi connectivity index (χ2v) is 9.90. The monoisotopic (exact) mass is 406 g/mol. The first-order valence-corrected chi connectivity index (χ1v) is 10.5. The first-order valence-electron chi connectivity index (χ1n) is 10.5. The van der Waals surface area contributed by atoms with Crippen molar-refractivity contribution in [3.63, 3.8) is 0 Å². The molecule has 0 aromatic heterocycles. The van der Waals surface area contributed by atoms with Crippen molar-refractivity contribution < 1.29 is 66.1 Å². The number of aliphatic carboxylic acids is 1. The molecule has 0 bridgehead atoms. The zero-order chi connectivity index (χ0) is 19.6. The number of carbonyl (C=O) groups is 2. The van der Waals surface area contributed by atoms with E-state index in [0.717, 1.165) is 37.7 Å². The van der Waals surface area contributed by atoms with Crippen LogP contribution >= 0.6 is 0 Å². The molecule has 0 radical (unpaired) electrons. The molecule has 0 saturated heterocycles. The molecule has 0 amide bonds. The molecule has 4 rings (SSSR count). The van der Waals surface area contributed by atoms with Gasteiger partial charge in [0.15, 0.2) is 5.78 Å². The van der Waals surface area contributed by atoms with E-state index in [1.807, 2.05) is 6.08 Å². The molecule has 6 atom stereocenters. The van der Waals surface area contributed by atoms with E-state index in [1.165, 1.54) is 11.1 Å². The van der Waals surface area contributed by atoms with Crippen LogP contribution in [0.3, 0.4) is 0 Å². The van der Waals surface area contributed by atoms with E-state index >= 15 is 0 Å². The van der Waals surface area contributed by atoms with Crippen LogP contribution in [0.15, 0.2) is 36.0 Å². The van der Waals surface area contributed by atoms with E-state index in [4.69, 9.17) is 0 Å². The van der Waals surface area contributed by atoms with Gasteiger partial charge in [-0.2, -0.15) is 0 Å². The number of ketones is 1. The van der Waals surface area contributed by atoms with Gasteiger partial charge in [-0.3, -0.25) is 4.79 Å². The molecule has 3 nitrogen and oxygen atoms in total. The third-order valence-electron chi connectivity index (χ3n) is 8.82. The van der Waals surface area contributed by atoms with Gasteiger partial charge in [0.25, 0.3) is 0 Å². The maximum Gasteiger partial charge on any atom is 1.00 e. The van der Waals surface area contributed by atoms with Crippen LogP contribution in [0, 0.1) is 34.5 Å². The molecule has 3 saturated carbocycles. The maximum absolute atomic E-state index is 12.0. The van der Waals surface area contributed by atoms with Crippen molar-refractivity contribution >= 4 is 11.8 Å². The molecule has 0 aromatic carbocycles. The fourth-order valence-corrected chi connectivity index (χ4v) is 7.43. The molecule has 28 heavy (non-hydrogen) atoms. The number of allylic oxidation sites excluding steroid dienone is 3. The number of carbonyl (C=O) groups excluding carboxylic acids is 2. The summed E-state index contributed by atoms with van der Waals surface area (Å²) in [7, 11) is 0. The van der Waals surface area contributed by atoms with Crippen LogP contribution < -0.4 is 56.5 Å². The second-order valence-electron chi connectivity index (χ2n) is 9.90. The topological polar surface area (TPSA) is 57.2 Å². The van der Waals surface area contributed by atoms with E-state index in [1.54, 1.807) is 0 Å². The molecular formula is C24H31KO3. The number of rotatable bonds is 3. The molecular weight excluding hydrogens is 375 g/mol. The smallest absolute Gasteiger partial charge is 0.550 e. The van der Waals surface area contributed by atoms with Gasteiger partial charge < -0.3 is 9.90 Å². The molecule has 4 heteroatoms. The van der Waals surface area contributed by atoms with Crippen LogP contribution in [-0.4, -0.2) is 11.8 Å². The third-order valence-corrected chi connectivity index (χ3v) is 8.82. The van der Waals surface area contributed by atoms with E-state index in [9.17, 15) is 14.7 Å². The molecule has 0 aliphatic heterocycles. The van der Waals surface area contributed by atoms with Gasteiger partial charge in [-0.15, -0.1) is 0 Å². The molecule has 0 N–H and O–H groups in total. The summed E-state index contributed by atoms with van der Waals surface area (Å²) in [4.78, 5) is 23.0. The Morgan fingerprint density at radius 1 is 1.18 bits per heavy atom. The average molecular weight is 407 g/mol. The maximum atomic E-state index is 12.0. The van der Waals surface area contributed by atoms with Crippen LogP contribution in [0.5, 0.6) is 0 Å². The number of fused-ring (bicyclic) bond motifs is 5. The Morgan fingerprint density at radius 3 is 2.57 bits per heavy atom. The minimum Gasteiger partial charge on any atom is -0.550 e. The Hall–Kier alpha value is -0.00364. The Kier molecular flexibility index (Phi) is 6.41. The number of hydrogen-bond acceptors (Lipinski definition) is 3. The van der Waals surface area contributed by atoms with Crippen molar-refractivity contribution in [2.24, 2.45) is 34.5 Å². The van der Waals surface area contributed by atoms with E-state index in [2.05, 4.69) is 27.0 Å². The molecule has 4 aliphatic rings. The summed E-state index contributed by atoms with van der Waals surface area (Å²) in [6.07, 6.45) is 8.67. The summed E-state index contributed by atoms with van der Waals surface area (Å²) in [6.45, 7) is 13.5. The average Bonchev–Trinajstić information content (AvgIpc) is 2.80. The number of carboxylic acids is 1. The van der Waals surface area contributed by atoms with Gasteiger partial charge in [-0.25, -0.2) is 0 Å². The Bertz CT molecular complexity index is 766. The molecule has 3 fully saturated rings. The zero-order valence-corrected chi connectivity index (χ0v) is 20.8. The van der Waals surface area contributed by atoms with Crippen LogP contribution in [0.1, 0.15) is 65.2 Å². The van der Waals surface area contributed by atoms with Crippen molar-refractivity contribution in [2.45, 2.75) is 65.2 Å². The number of carboxylic acid groups (broad SMARTS) is 1. The minimum atomic E-state index is -0.971. The van der Waals surface area contributed by atoms with Crippen LogP contribution in [-0.2, 0) is 9.59 Å². The van der Waals surface area contributed by atoms with Crippen molar-refractivity contribution in [3.05, 3.63) is 36.0 Å². The summed E-state index contributed by atoms with van der Waals surface area (Å²) in [5.74, 6) is 1.08. The van der Waals surface area contributed by atoms with Gasteiger partial charge in [0.1, 0.15) is 0 Å². The van der Waals surface area contributed by atoms with Gasteiger partial charge in [-0.05, 0) is 96.7 Å². The molecule has 4 aliphatic carbocycles. The fraction of sp³-hybridized carbons (Fsp3) is 0.667. The summed E-state index contributed by atoms with van der Waals surface area (Å²) < 4.78 is 0. The Morgan fingerprint density at radius 2 is 1.89 bits per heavy atom. The summed E-state index contributed by atoms with van der Waals surface area (Å²) in [5.41, 5.74) is 3.82. The second kappa shape index (κ2) is 7.92. The van der Waals surface area contributed by atoms with E-state index in [0.29, 0.717) is 36.4 Å². The van der Waals surface area contributed by atoms with Crippen LogP contribution in [0.4, 0.5) is 0 Å². The van der Waals surface area contributed by atoms with Gasteiger partial charge in [0, 0.05) is 12.4 Å². The minimum absolute atomic E-state index is 0. The summed E-state index contributed by atoms with van der Waals surface area (Å²) >= 11 is 0. The van der Waals surface area contributed by atoms with E-state index in [-0.39, 0.29) is 74.6 Å². The molecule has 0 heterocycles. The van der Waals surface area contributed by atoms with Gasteiger partial charge >= 0.3 is 51.4 Å². The molecule has 0 aromatic rings. The normalized spacial score (nSPS) is 42.1. The predicted octanol–water partition coefficient (Wildman–Crippen LogP) is 1.00. The van der Waals surface area contributed by atoms with Crippen molar-refractivity contribution in [1.82, 2.24) is 0 Å². The van der Waals surface area contributed by atoms with Crippen molar-refractivity contribution in [2.75, 3.05) is 0 Å². The molecule has 146 valence electrons. The standard InChI is InChI=1S/C24H32O3.K/c1-14-15(2)22-18-6-5-16-13-17(25)9-11-23(16,3)20(18)10-12-24(22,4)19(14)7-8-21(26)27;/h13,18-20,22H,1-2,5-12H2,3-4H3,(H,26,27);/q;+1/p-1/t18?,19-,20?,22?,23+,24-;/m1./s1. The Labute approximate surface area is 211 Å². The molecule has 3 unspecified atom stereocenters. The largest absolute Gasteiger partial charge is 1.00 e. The SMILES string of the molecule is C=C1C(=C)[C@@H](CCC(=O)[O-])[C@@]2(C)CCC3C(CCC4=CC(=O)CC[C@@]43C)C12.[K+]. The fourth-order valence-electron chi connectivity index (χ4n) is 7.43. The van der Waals surface area contributed by atoms with Crippen molar-refractivity contribution in [1.29, 1.82) is 0 Å².